The molecule has 0 N–H and O–H groups in total. The summed E-state index contributed by atoms with van der Waals surface area (Å²) in [4.78, 5) is 11.3. The number of benzene rings is 4. The number of ketones is 1. The van der Waals surface area contributed by atoms with E-state index in [-0.39, 0.29) is 146 Å². The molecule has 0 spiro atoms. The van der Waals surface area contributed by atoms with Crippen LogP contribution in [0.4, 0.5) is 0 Å². The van der Waals surface area contributed by atoms with Gasteiger partial charge in [-0.25, -0.2) is 25.3 Å². The van der Waals surface area contributed by atoms with Gasteiger partial charge in [0.05, 0.1) is 57.9 Å². The normalized spacial score (nSPS) is 10.9. The number of carbonyl (C=O) groups excluding carboxylic acids is 1. The summed E-state index contributed by atoms with van der Waals surface area (Å²) in [5.41, 5.74) is 1.55. The predicted octanol–water partition coefficient (Wildman–Crippen LogP) is -9.64. The van der Waals surface area contributed by atoms with E-state index in [9.17, 15) is 49.7 Å². The third-order valence-electron chi connectivity index (χ3n) is 6.63. The van der Waals surface area contributed by atoms with Gasteiger partial charge in [0.2, 0.25) is 9.84 Å². The first-order valence-electron chi connectivity index (χ1n) is 13.4. The Kier molecular flexibility index (Phi) is 27.0. The summed E-state index contributed by atoms with van der Waals surface area (Å²) in [7, 11) is -11.6. The summed E-state index contributed by atoms with van der Waals surface area (Å²) in [5.74, 6) is -0.926. The van der Waals surface area contributed by atoms with Crippen molar-refractivity contribution in [2.24, 2.45) is 0 Å². The molecule has 17 nitrogen and oxygen atoms in total. The number of aryl methyl sites for hydroxylation is 2. The molecule has 0 bridgehead atoms. The second kappa shape index (κ2) is 25.9. The van der Waals surface area contributed by atoms with Crippen molar-refractivity contribution in [2.45, 2.75) is 43.2 Å². The van der Waals surface area contributed by atoms with E-state index in [0.717, 1.165) is 36.9 Å². The van der Waals surface area contributed by atoms with E-state index >= 15 is 0 Å². The molecule has 0 aliphatic carbocycles. The van der Waals surface area contributed by atoms with E-state index in [1.165, 1.54) is 49.6 Å². The third kappa shape index (κ3) is 16.1. The molecule has 4 rings (SSSR count). The number of carbonyl (C=O) groups is 1. The average Bonchev–Trinajstić information content (AvgIpc) is 3.09. The Morgan fingerprint density at radius 1 is 0.564 bits per heavy atom. The molecular weight excluding hydrogens is 873 g/mol. The van der Waals surface area contributed by atoms with Crippen LogP contribution in [0, 0.1) is 13.8 Å². The van der Waals surface area contributed by atoms with Crippen LogP contribution >= 0.6 is 24.1 Å². The second-order valence-corrected chi connectivity index (χ2v) is 15.9. The van der Waals surface area contributed by atoms with E-state index in [2.05, 4.69) is 18.7 Å². The maximum atomic E-state index is 12.8. The van der Waals surface area contributed by atoms with Gasteiger partial charge in [0.1, 0.15) is 31.7 Å². The number of sulfone groups is 1. The molecule has 0 fully saturated rings. The SMILES string of the molecule is COc1ccc(C(=O)c2ccc(C)c(SOO[O-])c2)cc1S(=O)(=O)[O-].COc1ccc(S(=O)(=O)c2ccc(C)c(SOO[O-])c2)cc1S(=O)(=O)[O-].[Na+].[Na+].[Na+].[Na+]. The van der Waals surface area contributed by atoms with Crippen molar-refractivity contribution in [3.05, 3.63) is 95.1 Å². The van der Waals surface area contributed by atoms with Crippen LogP contribution in [0.5, 0.6) is 11.5 Å². The van der Waals surface area contributed by atoms with Gasteiger partial charge >= 0.3 is 118 Å². The number of hydrogen-bond acceptors (Lipinski definition) is 19. The zero-order valence-corrected chi connectivity index (χ0v) is 42.5. The van der Waals surface area contributed by atoms with Gasteiger partial charge in [-0.15, -0.1) is 0 Å². The van der Waals surface area contributed by atoms with Gasteiger partial charge in [-0.2, -0.15) is 8.67 Å². The van der Waals surface area contributed by atoms with E-state index in [4.69, 9.17) is 9.47 Å². The molecule has 0 amide bonds. The smallest absolute Gasteiger partial charge is 0.744 e. The number of methoxy groups -OCH3 is 2. The fourth-order valence-electron chi connectivity index (χ4n) is 4.11. The minimum atomic E-state index is -4.95. The van der Waals surface area contributed by atoms with Gasteiger partial charge in [-0.05, 0) is 79.6 Å². The maximum absolute atomic E-state index is 12.8. The van der Waals surface area contributed by atoms with E-state index in [1.807, 2.05) is 0 Å². The van der Waals surface area contributed by atoms with Gasteiger partial charge in [-0.1, -0.05) is 18.2 Å². The summed E-state index contributed by atoms with van der Waals surface area (Å²) in [5, 5.41) is 26.4. The molecule has 276 valence electrons. The first kappa shape index (κ1) is 57.5. The van der Waals surface area contributed by atoms with Crippen molar-refractivity contribution >= 4 is 59.9 Å². The molecular formula is C29H24Na4O17S5. The average molecular weight is 897 g/mol. The summed E-state index contributed by atoms with van der Waals surface area (Å²) in [6, 6.07) is 15.1. The Morgan fingerprint density at radius 2 is 0.945 bits per heavy atom. The molecule has 0 aliphatic heterocycles. The standard InChI is InChI=1S/C15H14O8S2.C14H14O9S3.4Na/c1-9-3-4-10(7-13(9)24-23-22-17)15(16)11-5-6-12(21-2)14(8-11)25(18,19)20;1-9-3-4-10(7-13(9)24-23-22-15)25(16,17)11-5-6-12(21-2)14(8-11)26(18,19)20;;;;/h3-8,17H,1-2H3,(H,18,19,20);3-8,15H,1-2H3,(H,18,19,20);;;;/q;;4*+1/p-4. The predicted molar refractivity (Wildman–Crippen MR) is 169 cm³/mol. The fourth-order valence-corrected chi connectivity index (χ4v) is 7.86. The van der Waals surface area contributed by atoms with Crippen LogP contribution in [0.1, 0.15) is 27.0 Å². The number of ether oxygens (including phenoxy) is 2. The molecule has 26 heteroatoms. The van der Waals surface area contributed by atoms with Crippen LogP contribution in [0.3, 0.4) is 0 Å². The van der Waals surface area contributed by atoms with Crippen molar-refractivity contribution in [1.29, 1.82) is 0 Å². The van der Waals surface area contributed by atoms with Gasteiger partial charge < -0.3 is 29.1 Å². The first-order chi connectivity index (χ1) is 23.9. The summed E-state index contributed by atoms with van der Waals surface area (Å²) in [6.45, 7) is 3.39. The van der Waals surface area contributed by atoms with E-state index in [0.29, 0.717) is 39.4 Å². The maximum Gasteiger partial charge on any atom is 1.00 e. The molecule has 4 aromatic rings. The van der Waals surface area contributed by atoms with E-state index < -0.39 is 50.5 Å². The third-order valence-corrected chi connectivity index (χ3v) is 11.6. The van der Waals surface area contributed by atoms with Gasteiger partial charge in [0.15, 0.2) is 5.78 Å². The van der Waals surface area contributed by atoms with Gasteiger partial charge in [-0.3, -0.25) is 14.9 Å². The number of rotatable bonds is 14. The molecule has 0 heterocycles. The Bertz CT molecular complexity index is 2240. The largest absolute Gasteiger partial charge is 1.00 e. The zero-order valence-electron chi connectivity index (χ0n) is 30.4. The topological polar surface area (TPSA) is 267 Å². The molecule has 55 heavy (non-hydrogen) atoms. The van der Waals surface area contributed by atoms with Crippen molar-refractivity contribution in [2.75, 3.05) is 14.2 Å². The van der Waals surface area contributed by atoms with Crippen molar-refractivity contribution in [1.82, 2.24) is 0 Å². The van der Waals surface area contributed by atoms with Crippen molar-refractivity contribution in [3.8, 4) is 11.5 Å². The minimum Gasteiger partial charge on any atom is -0.744 e. The molecule has 0 aliphatic rings. The van der Waals surface area contributed by atoms with Gasteiger partial charge in [0, 0.05) is 20.9 Å². The molecule has 0 atom stereocenters. The Balaban J connectivity index is 0. The summed E-state index contributed by atoms with van der Waals surface area (Å²) in [6.07, 6.45) is 0. The Labute approximate surface area is 414 Å². The van der Waals surface area contributed by atoms with Crippen LogP contribution in [-0.4, -0.2) is 54.4 Å². The second-order valence-electron chi connectivity index (χ2n) is 9.77. The Hall–Kier alpha value is 0.380. The molecule has 4 aromatic carbocycles. The summed E-state index contributed by atoms with van der Waals surface area (Å²) < 4.78 is 112. The summed E-state index contributed by atoms with van der Waals surface area (Å²) >= 11 is 1.16. The van der Waals surface area contributed by atoms with Crippen molar-refractivity contribution < 1.29 is 196 Å². The van der Waals surface area contributed by atoms with Gasteiger partial charge in [0.25, 0.3) is 0 Å². The van der Waals surface area contributed by atoms with Crippen LogP contribution < -0.4 is 138 Å². The quantitative estimate of drug-likeness (QED) is 0.0284. The minimum absolute atomic E-state index is 0. The monoisotopic (exact) mass is 896 g/mol. The molecule has 0 saturated carbocycles. The number of hydrogen-bond donors (Lipinski definition) is 0. The zero-order chi connectivity index (χ0) is 38.1. The van der Waals surface area contributed by atoms with E-state index in [1.54, 1.807) is 19.9 Å². The molecule has 0 saturated heterocycles. The van der Waals surface area contributed by atoms with Crippen LogP contribution in [0.15, 0.2) is 102 Å². The van der Waals surface area contributed by atoms with Crippen molar-refractivity contribution in [3.63, 3.8) is 0 Å². The van der Waals surface area contributed by atoms with Crippen LogP contribution in [-0.2, 0) is 48.8 Å². The fraction of sp³-hybridized carbons (Fsp3) is 0.138. The Morgan fingerprint density at radius 3 is 1.42 bits per heavy atom. The first-order valence-corrected chi connectivity index (χ1v) is 19.2. The van der Waals surface area contributed by atoms with Crippen LogP contribution in [0.2, 0.25) is 0 Å². The molecule has 0 radical (unpaired) electrons. The molecule has 0 aromatic heterocycles. The molecule has 0 unspecified atom stereocenters. The van der Waals surface area contributed by atoms with Crippen LogP contribution in [0.25, 0.3) is 0 Å².